The average molecular weight is 294 g/mol. The number of benzene rings is 1. The summed E-state index contributed by atoms with van der Waals surface area (Å²) in [6.07, 6.45) is -5.52. The summed E-state index contributed by atoms with van der Waals surface area (Å²) in [7, 11) is 0. The topological polar surface area (TPSA) is 41.1 Å². The number of amides is 2. The summed E-state index contributed by atoms with van der Waals surface area (Å²) in [5.74, 6) is -3.01. The van der Waals surface area contributed by atoms with E-state index in [9.17, 15) is 26.7 Å². The molecule has 0 spiro atoms. The first-order chi connectivity index (χ1) is 9.23. The van der Waals surface area contributed by atoms with Crippen LogP contribution in [0.25, 0.3) is 0 Å². The molecule has 110 valence electrons. The number of anilines is 1. The summed E-state index contributed by atoms with van der Waals surface area (Å²) >= 11 is 0. The minimum Gasteiger partial charge on any atom is -0.320 e. The standard InChI is InChI=1S/C12H11F5N2O/c1-2-5-11(12(15,16)17)8-7(18-10(20)19-11)4-3-6(13)9(8)14/h3-4H,2,5H2,1H3,(H2,18,19,20). The molecule has 1 atom stereocenters. The molecule has 0 aromatic heterocycles. The first kappa shape index (κ1) is 14.5. The predicted molar refractivity (Wildman–Crippen MR) is 61.2 cm³/mol. The molecule has 1 heterocycles. The van der Waals surface area contributed by atoms with E-state index in [0.717, 1.165) is 6.07 Å². The van der Waals surface area contributed by atoms with Gasteiger partial charge in [-0.15, -0.1) is 0 Å². The lowest BCUT2D eigenvalue weighted by Crippen LogP contribution is -2.60. The SMILES string of the molecule is CCCC1(C(F)(F)F)NC(=O)Nc2ccc(F)c(F)c21. The molecule has 8 heteroatoms. The zero-order valence-corrected chi connectivity index (χ0v) is 10.4. The van der Waals surface area contributed by atoms with Crippen LogP contribution < -0.4 is 10.6 Å². The zero-order chi connectivity index (χ0) is 15.1. The van der Waals surface area contributed by atoms with Crippen molar-refractivity contribution in [1.82, 2.24) is 5.32 Å². The number of halogens is 5. The number of alkyl halides is 3. The summed E-state index contributed by atoms with van der Waals surface area (Å²) in [5.41, 5.74) is -4.21. The molecular formula is C12H11F5N2O. The van der Waals surface area contributed by atoms with Gasteiger partial charge in [0.2, 0.25) is 0 Å². The first-order valence-corrected chi connectivity index (χ1v) is 5.87. The van der Waals surface area contributed by atoms with Crippen LogP contribution in [0.5, 0.6) is 0 Å². The Hall–Kier alpha value is -1.86. The third-order valence-corrected chi connectivity index (χ3v) is 3.21. The van der Waals surface area contributed by atoms with Crippen LogP contribution in [0.15, 0.2) is 12.1 Å². The number of hydrogen-bond acceptors (Lipinski definition) is 1. The number of carbonyl (C=O) groups is 1. The first-order valence-electron chi connectivity index (χ1n) is 5.87. The van der Waals surface area contributed by atoms with Gasteiger partial charge in [-0.1, -0.05) is 13.3 Å². The molecular weight excluding hydrogens is 283 g/mol. The van der Waals surface area contributed by atoms with Crippen LogP contribution >= 0.6 is 0 Å². The van der Waals surface area contributed by atoms with E-state index in [2.05, 4.69) is 5.32 Å². The molecule has 3 nitrogen and oxygen atoms in total. The fraction of sp³-hybridized carbons (Fsp3) is 0.417. The lowest BCUT2D eigenvalue weighted by molar-refractivity contribution is -0.200. The van der Waals surface area contributed by atoms with E-state index in [1.807, 2.05) is 0 Å². The molecule has 0 bridgehead atoms. The normalized spacial score (nSPS) is 22.0. The van der Waals surface area contributed by atoms with Gasteiger partial charge >= 0.3 is 12.2 Å². The lowest BCUT2D eigenvalue weighted by Gasteiger charge is -2.41. The van der Waals surface area contributed by atoms with Crippen LogP contribution in [-0.2, 0) is 5.54 Å². The Labute approximate surface area is 111 Å². The third-order valence-electron chi connectivity index (χ3n) is 3.21. The molecule has 2 amide bonds. The molecule has 0 fully saturated rings. The maximum atomic E-state index is 13.9. The van der Waals surface area contributed by atoms with Crippen LogP contribution in [0, 0.1) is 11.6 Å². The summed E-state index contributed by atoms with van der Waals surface area (Å²) in [5, 5.41) is 3.77. The fourth-order valence-electron chi connectivity index (χ4n) is 2.40. The second kappa shape index (κ2) is 4.60. The minimum atomic E-state index is -4.95. The highest BCUT2D eigenvalue weighted by molar-refractivity contribution is 5.94. The summed E-state index contributed by atoms with van der Waals surface area (Å²) in [6.45, 7) is 1.46. The fourth-order valence-corrected chi connectivity index (χ4v) is 2.40. The maximum absolute atomic E-state index is 13.9. The largest absolute Gasteiger partial charge is 0.416 e. The zero-order valence-electron chi connectivity index (χ0n) is 10.4. The van der Waals surface area contributed by atoms with Gasteiger partial charge in [0.1, 0.15) is 0 Å². The van der Waals surface area contributed by atoms with Gasteiger partial charge in [0, 0.05) is 5.56 Å². The Morgan fingerprint density at radius 1 is 1.25 bits per heavy atom. The quantitative estimate of drug-likeness (QED) is 0.803. The van der Waals surface area contributed by atoms with Crippen molar-refractivity contribution in [2.75, 3.05) is 5.32 Å². The van der Waals surface area contributed by atoms with Gasteiger partial charge in [-0.05, 0) is 18.6 Å². The molecule has 0 saturated heterocycles. The van der Waals surface area contributed by atoms with Gasteiger partial charge in [0.05, 0.1) is 5.69 Å². The molecule has 0 aliphatic carbocycles. The van der Waals surface area contributed by atoms with Crippen molar-refractivity contribution in [3.05, 3.63) is 29.3 Å². The number of carbonyl (C=O) groups excluding carboxylic acids is 1. The van der Waals surface area contributed by atoms with Crippen molar-refractivity contribution in [1.29, 1.82) is 0 Å². The summed E-state index contributed by atoms with van der Waals surface area (Å²) < 4.78 is 67.4. The van der Waals surface area contributed by atoms with E-state index >= 15 is 0 Å². The van der Waals surface area contributed by atoms with Crippen molar-refractivity contribution >= 4 is 11.7 Å². The molecule has 1 aromatic carbocycles. The second-order valence-corrected chi connectivity index (χ2v) is 4.52. The number of rotatable bonds is 2. The highest BCUT2D eigenvalue weighted by Crippen LogP contribution is 2.48. The van der Waals surface area contributed by atoms with Crippen molar-refractivity contribution in [3.63, 3.8) is 0 Å². The Morgan fingerprint density at radius 3 is 2.45 bits per heavy atom. The van der Waals surface area contributed by atoms with Crippen LogP contribution in [0.3, 0.4) is 0 Å². The Kier molecular flexibility index (Phi) is 3.35. The summed E-state index contributed by atoms with van der Waals surface area (Å²) in [6, 6.07) is 0.490. The van der Waals surface area contributed by atoms with Crippen molar-refractivity contribution in [3.8, 4) is 0 Å². The highest BCUT2D eigenvalue weighted by Gasteiger charge is 2.60. The maximum Gasteiger partial charge on any atom is 0.416 e. The van der Waals surface area contributed by atoms with E-state index < -0.39 is 41.4 Å². The molecule has 0 saturated carbocycles. The van der Waals surface area contributed by atoms with Crippen LogP contribution in [-0.4, -0.2) is 12.2 Å². The lowest BCUT2D eigenvalue weighted by atomic mass is 9.82. The molecule has 1 aromatic rings. The van der Waals surface area contributed by atoms with Gasteiger partial charge in [0.25, 0.3) is 0 Å². The van der Waals surface area contributed by atoms with Gasteiger partial charge < -0.3 is 10.6 Å². The van der Waals surface area contributed by atoms with Crippen molar-refractivity contribution in [2.45, 2.75) is 31.5 Å². The summed E-state index contributed by atoms with van der Waals surface area (Å²) in [4.78, 5) is 11.4. The number of hydrogen-bond donors (Lipinski definition) is 2. The molecule has 1 aliphatic rings. The molecule has 2 N–H and O–H groups in total. The third kappa shape index (κ3) is 1.99. The average Bonchev–Trinajstić information content (AvgIpc) is 2.32. The van der Waals surface area contributed by atoms with Crippen LogP contribution in [0.2, 0.25) is 0 Å². The Morgan fingerprint density at radius 2 is 1.90 bits per heavy atom. The smallest absolute Gasteiger partial charge is 0.320 e. The van der Waals surface area contributed by atoms with Gasteiger partial charge in [-0.2, -0.15) is 13.2 Å². The van der Waals surface area contributed by atoms with Crippen molar-refractivity contribution in [2.24, 2.45) is 0 Å². The van der Waals surface area contributed by atoms with E-state index in [1.54, 1.807) is 5.32 Å². The van der Waals surface area contributed by atoms with E-state index in [-0.39, 0.29) is 12.1 Å². The van der Waals surface area contributed by atoms with Crippen molar-refractivity contribution < 1.29 is 26.7 Å². The number of fused-ring (bicyclic) bond motifs is 1. The van der Waals surface area contributed by atoms with Crippen LogP contribution in [0.4, 0.5) is 32.4 Å². The number of urea groups is 1. The van der Waals surface area contributed by atoms with Gasteiger partial charge in [0.15, 0.2) is 17.2 Å². The highest BCUT2D eigenvalue weighted by atomic mass is 19.4. The predicted octanol–water partition coefficient (Wildman–Crippen LogP) is 3.66. The van der Waals surface area contributed by atoms with E-state index in [1.165, 1.54) is 6.92 Å². The molecule has 1 unspecified atom stereocenters. The van der Waals surface area contributed by atoms with Gasteiger partial charge in [-0.25, -0.2) is 13.6 Å². The Balaban J connectivity index is 2.77. The Bertz CT molecular complexity index is 558. The molecule has 1 aliphatic heterocycles. The molecule has 2 rings (SSSR count). The monoisotopic (exact) mass is 294 g/mol. The number of nitrogens with one attached hydrogen (secondary N) is 2. The molecule has 0 radical (unpaired) electrons. The minimum absolute atomic E-state index is 0.0230. The second-order valence-electron chi connectivity index (χ2n) is 4.52. The molecule has 20 heavy (non-hydrogen) atoms. The van der Waals surface area contributed by atoms with Crippen LogP contribution in [0.1, 0.15) is 25.3 Å². The van der Waals surface area contributed by atoms with E-state index in [0.29, 0.717) is 6.07 Å². The van der Waals surface area contributed by atoms with Gasteiger partial charge in [-0.3, -0.25) is 0 Å². The van der Waals surface area contributed by atoms with E-state index in [4.69, 9.17) is 0 Å².